The fourth-order valence-electron chi connectivity index (χ4n) is 7.27. The molecule has 0 aliphatic heterocycles. The molecule has 1 aromatic rings. The van der Waals surface area contributed by atoms with Crippen molar-refractivity contribution in [1.29, 1.82) is 0 Å². The summed E-state index contributed by atoms with van der Waals surface area (Å²) >= 11 is 0. The first kappa shape index (κ1) is 19.3. The second-order valence-electron chi connectivity index (χ2n) is 10.4. The molecule has 1 heterocycles. The Hall–Kier alpha value is -1.68. The third kappa shape index (κ3) is 2.82. The molecule has 4 heteroatoms. The molecule has 29 heavy (non-hydrogen) atoms. The monoisotopic (exact) mass is 394 g/mol. The highest BCUT2D eigenvalue weighted by molar-refractivity contribution is 6.05. The molecule has 1 aromatic heterocycles. The molecule has 3 fully saturated rings. The molecule has 4 aliphatic carbocycles. The van der Waals surface area contributed by atoms with E-state index in [0.29, 0.717) is 23.5 Å². The van der Waals surface area contributed by atoms with E-state index in [4.69, 9.17) is 0 Å². The van der Waals surface area contributed by atoms with Gasteiger partial charge < -0.3 is 5.11 Å². The molecular formula is C25H34N2O2. The van der Waals surface area contributed by atoms with Crippen molar-refractivity contribution < 1.29 is 9.90 Å². The molecule has 0 saturated heterocycles. The average molecular weight is 395 g/mol. The summed E-state index contributed by atoms with van der Waals surface area (Å²) in [6, 6.07) is 0. The number of hydrogen-bond acceptors (Lipinski definition) is 3. The van der Waals surface area contributed by atoms with Crippen molar-refractivity contribution in [1.82, 2.24) is 9.78 Å². The van der Waals surface area contributed by atoms with Crippen molar-refractivity contribution in [2.75, 3.05) is 0 Å². The molecular weight excluding hydrogens is 360 g/mol. The molecule has 156 valence electrons. The lowest BCUT2D eigenvalue weighted by atomic mass is 9.48. The lowest BCUT2D eigenvalue weighted by Crippen LogP contribution is -2.50. The lowest BCUT2D eigenvalue weighted by Gasteiger charge is -2.56. The van der Waals surface area contributed by atoms with Gasteiger partial charge in [0.2, 0.25) is 0 Å². The summed E-state index contributed by atoms with van der Waals surface area (Å²) in [5, 5.41) is 14.5. The van der Waals surface area contributed by atoms with Crippen LogP contribution in [-0.2, 0) is 11.3 Å². The van der Waals surface area contributed by atoms with Crippen LogP contribution >= 0.6 is 0 Å². The maximum atomic E-state index is 13.5. The highest BCUT2D eigenvalue weighted by Crippen LogP contribution is 2.64. The van der Waals surface area contributed by atoms with Gasteiger partial charge in [0.25, 0.3) is 0 Å². The molecule has 0 bridgehead atoms. The fourth-order valence-corrected chi connectivity index (χ4v) is 7.27. The summed E-state index contributed by atoms with van der Waals surface area (Å²) < 4.78 is 1.92. The van der Waals surface area contributed by atoms with E-state index in [0.717, 1.165) is 62.6 Å². The average Bonchev–Trinajstić information content (AvgIpc) is 3.26. The van der Waals surface area contributed by atoms with Gasteiger partial charge in [-0.25, -0.2) is 0 Å². The number of ketones is 1. The standard InChI is InChI=1S/C25H34N2O2/c1-4-27-15-16(14-26-27)11-17-12-22-20-6-5-18-13-19(28)7-9-24(18,2)21(20)8-10-25(22,3)23(17)29/h5,11,14-15,19-22,28H,4,6-10,12-13H2,1-3H3/b17-11-. The van der Waals surface area contributed by atoms with E-state index >= 15 is 0 Å². The van der Waals surface area contributed by atoms with Crippen molar-refractivity contribution in [2.24, 2.45) is 28.6 Å². The Morgan fingerprint density at radius 3 is 2.76 bits per heavy atom. The largest absolute Gasteiger partial charge is 0.393 e. The highest BCUT2D eigenvalue weighted by Gasteiger charge is 2.59. The predicted octanol–water partition coefficient (Wildman–Crippen LogP) is 4.79. The number of aromatic nitrogens is 2. The molecule has 4 aliphatic rings. The van der Waals surface area contributed by atoms with E-state index in [2.05, 4.69) is 38.0 Å². The Kier molecular flexibility index (Phi) is 4.43. The number of aryl methyl sites for hydroxylation is 1. The first-order chi connectivity index (χ1) is 13.8. The van der Waals surface area contributed by atoms with Crippen molar-refractivity contribution >= 4 is 11.9 Å². The van der Waals surface area contributed by atoms with Crippen LogP contribution in [0, 0.1) is 28.6 Å². The Morgan fingerprint density at radius 2 is 2.00 bits per heavy atom. The van der Waals surface area contributed by atoms with Gasteiger partial charge in [-0.3, -0.25) is 9.48 Å². The number of carbonyl (C=O) groups excluding carboxylic acids is 1. The Labute approximate surface area is 174 Å². The summed E-state index contributed by atoms with van der Waals surface area (Å²) in [6.45, 7) is 7.61. The normalized spacial score (nSPS) is 43.0. The third-order valence-corrected chi connectivity index (χ3v) is 9.04. The Morgan fingerprint density at radius 1 is 1.21 bits per heavy atom. The van der Waals surface area contributed by atoms with Crippen LogP contribution in [0.5, 0.6) is 0 Å². The molecule has 0 amide bonds. The summed E-state index contributed by atoms with van der Waals surface area (Å²) in [5.41, 5.74) is 3.57. The number of aliphatic hydroxyl groups excluding tert-OH is 1. The van der Waals surface area contributed by atoms with Crippen LogP contribution in [0.2, 0.25) is 0 Å². The van der Waals surface area contributed by atoms with Crippen LogP contribution in [0.1, 0.15) is 71.3 Å². The first-order valence-electron chi connectivity index (χ1n) is 11.5. The number of fused-ring (bicyclic) bond motifs is 5. The molecule has 3 saturated carbocycles. The summed E-state index contributed by atoms with van der Waals surface area (Å²) in [4.78, 5) is 13.5. The molecule has 4 nitrogen and oxygen atoms in total. The molecule has 5 rings (SSSR count). The van der Waals surface area contributed by atoms with Crippen LogP contribution < -0.4 is 0 Å². The minimum absolute atomic E-state index is 0.161. The number of carbonyl (C=O) groups is 1. The van der Waals surface area contributed by atoms with Crippen molar-refractivity contribution in [3.05, 3.63) is 35.2 Å². The number of rotatable bonds is 2. The van der Waals surface area contributed by atoms with Gasteiger partial charge in [-0.1, -0.05) is 25.5 Å². The van der Waals surface area contributed by atoms with Gasteiger partial charge in [-0.05, 0) is 86.7 Å². The second-order valence-corrected chi connectivity index (χ2v) is 10.4. The van der Waals surface area contributed by atoms with Crippen molar-refractivity contribution in [3.63, 3.8) is 0 Å². The number of nitrogens with zero attached hydrogens (tertiary/aromatic N) is 2. The SMILES string of the molecule is CCn1cc(/C=C2/CC3C4CC=C5CC(O)CCC5(C)C4CCC3(C)C2=O)cn1. The summed E-state index contributed by atoms with van der Waals surface area (Å²) in [5.74, 6) is 2.07. The zero-order chi connectivity index (χ0) is 20.4. The topological polar surface area (TPSA) is 55.1 Å². The van der Waals surface area contributed by atoms with Crippen LogP contribution in [0.15, 0.2) is 29.6 Å². The minimum Gasteiger partial charge on any atom is -0.393 e. The maximum Gasteiger partial charge on any atom is 0.165 e. The maximum absolute atomic E-state index is 13.5. The van der Waals surface area contributed by atoms with Gasteiger partial charge in [0, 0.05) is 23.7 Å². The Balaban J connectivity index is 1.46. The van der Waals surface area contributed by atoms with Gasteiger partial charge in [0.1, 0.15) is 0 Å². The zero-order valence-electron chi connectivity index (χ0n) is 18.0. The minimum atomic E-state index is -0.205. The molecule has 0 aromatic carbocycles. The molecule has 0 radical (unpaired) electrons. The first-order valence-corrected chi connectivity index (χ1v) is 11.5. The number of allylic oxidation sites excluding steroid dienone is 2. The summed E-state index contributed by atoms with van der Waals surface area (Å²) in [7, 11) is 0. The van der Waals surface area contributed by atoms with Crippen LogP contribution in [0.4, 0.5) is 0 Å². The van der Waals surface area contributed by atoms with Crippen molar-refractivity contribution in [3.8, 4) is 0 Å². The Bertz CT molecular complexity index is 896. The van der Waals surface area contributed by atoms with E-state index in [9.17, 15) is 9.90 Å². The van der Waals surface area contributed by atoms with E-state index in [1.807, 2.05) is 17.1 Å². The summed E-state index contributed by atoms with van der Waals surface area (Å²) in [6.07, 6.45) is 15.3. The predicted molar refractivity (Wildman–Crippen MR) is 114 cm³/mol. The molecule has 1 N–H and O–H groups in total. The smallest absolute Gasteiger partial charge is 0.165 e. The van der Waals surface area contributed by atoms with Gasteiger partial charge in [-0.2, -0.15) is 5.10 Å². The molecule has 0 spiro atoms. The fraction of sp³-hybridized carbons (Fsp3) is 0.680. The molecule has 6 atom stereocenters. The van der Waals surface area contributed by atoms with E-state index in [-0.39, 0.29) is 16.9 Å². The lowest BCUT2D eigenvalue weighted by molar-refractivity contribution is -0.130. The van der Waals surface area contributed by atoms with Gasteiger partial charge in [0.05, 0.1) is 12.3 Å². The van der Waals surface area contributed by atoms with Gasteiger partial charge in [0.15, 0.2) is 5.78 Å². The van der Waals surface area contributed by atoms with E-state index in [1.165, 1.54) is 5.57 Å². The van der Waals surface area contributed by atoms with Crippen LogP contribution in [-0.4, -0.2) is 26.8 Å². The number of aliphatic hydroxyl groups is 1. The quantitative estimate of drug-likeness (QED) is 0.580. The van der Waals surface area contributed by atoms with Gasteiger partial charge >= 0.3 is 0 Å². The van der Waals surface area contributed by atoms with Gasteiger partial charge in [-0.15, -0.1) is 0 Å². The number of hydrogen-bond donors (Lipinski definition) is 1. The highest BCUT2D eigenvalue weighted by atomic mass is 16.3. The molecule has 6 unspecified atom stereocenters. The van der Waals surface area contributed by atoms with Crippen LogP contribution in [0.25, 0.3) is 6.08 Å². The van der Waals surface area contributed by atoms with E-state index < -0.39 is 0 Å². The second kappa shape index (κ2) is 6.66. The zero-order valence-corrected chi connectivity index (χ0v) is 18.0. The third-order valence-electron chi connectivity index (χ3n) is 9.04. The number of Topliss-reactive ketones (excluding diaryl/α,β-unsaturated/α-hetero) is 1. The van der Waals surface area contributed by atoms with Crippen LogP contribution in [0.3, 0.4) is 0 Å². The van der Waals surface area contributed by atoms with E-state index in [1.54, 1.807) is 0 Å². The van der Waals surface area contributed by atoms with Crippen molar-refractivity contribution in [2.45, 2.75) is 78.4 Å².